The number of thioether (sulfide) groups is 1. The molecule has 0 aliphatic heterocycles. The van der Waals surface area contributed by atoms with E-state index in [0.29, 0.717) is 21.6 Å². The second kappa shape index (κ2) is 15.2. The summed E-state index contributed by atoms with van der Waals surface area (Å²) in [5, 5.41) is 4.76. The van der Waals surface area contributed by atoms with Crippen LogP contribution in [0.3, 0.4) is 0 Å². The minimum atomic E-state index is -4.94. The first kappa shape index (κ1) is 33.5. The number of nitrogens with zero attached hydrogens (tertiary/aromatic N) is 1. The maximum absolute atomic E-state index is 13.2. The van der Waals surface area contributed by atoms with Gasteiger partial charge in [-0.25, -0.2) is 18.6 Å². The van der Waals surface area contributed by atoms with Crippen LogP contribution in [0.4, 0.5) is 0 Å². The van der Waals surface area contributed by atoms with Crippen molar-refractivity contribution in [3.05, 3.63) is 156 Å². The van der Waals surface area contributed by atoms with Gasteiger partial charge in [-0.2, -0.15) is 4.98 Å². The normalized spacial score (nSPS) is 11.4. The van der Waals surface area contributed by atoms with Gasteiger partial charge in [0, 0.05) is 16.1 Å². The van der Waals surface area contributed by atoms with Crippen LogP contribution in [0.1, 0.15) is 10.4 Å². The Bertz CT molecular complexity index is 1750. The molecule has 0 aliphatic rings. The number of hydrogen-bond acceptors (Lipinski definition) is 8. The summed E-state index contributed by atoms with van der Waals surface area (Å²) in [7, 11) is -7.49. The Balaban J connectivity index is 0.000000775. The number of carbonyl (C=O) groups is 1. The highest BCUT2D eigenvalue weighted by Gasteiger charge is 2.53. The van der Waals surface area contributed by atoms with Gasteiger partial charge in [0.25, 0.3) is 5.44 Å². The summed E-state index contributed by atoms with van der Waals surface area (Å²) >= 11 is 7.61. The summed E-state index contributed by atoms with van der Waals surface area (Å²) < 4.78 is 40.6. The van der Waals surface area contributed by atoms with Crippen molar-refractivity contribution in [2.45, 2.75) is 5.09 Å². The zero-order chi connectivity index (χ0) is 32.6. The smallest absolute Gasteiger partial charge is 0.251 e. The van der Waals surface area contributed by atoms with Crippen LogP contribution < -0.4 is 40.0 Å². The van der Waals surface area contributed by atoms with Crippen molar-refractivity contribution in [1.82, 2.24) is 4.98 Å². The molecule has 7 nitrogen and oxygen atoms in total. The number of aromatic nitrogens is 1. The molecular weight excluding hydrogens is 664 g/mol. The van der Waals surface area contributed by atoms with Gasteiger partial charge in [0.05, 0.1) is 5.75 Å². The highest BCUT2D eigenvalue weighted by atomic mass is 35.7. The van der Waals surface area contributed by atoms with Crippen molar-refractivity contribution in [2.75, 3.05) is 5.75 Å². The van der Waals surface area contributed by atoms with E-state index in [0.717, 1.165) is 26.9 Å². The van der Waals surface area contributed by atoms with Gasteiger partial charge in [-0.1, -0.05) is 108 Å². The summed E-state index contributed by atoms with van der Waals surface area (Å²) in [5.74, 6) is 0.762. The van der Waals surface area contributed by atoms with E-state index in [1.165, 1.54) is 11.8 Å². The van der Waals surface area contributed by atoms with Crippen molar-refractivity contribution < 1.29 is 38.1 Å². The van der Waals surface area contributed by atoms with Gasteiger partial charge < -0.3 is 4.42 Å². The van der Waals surface area contributed by atoms with Crippen LogP contribution in [0.5, 0.6) is 0 Å². The van der Waals surface area contributed by atoms with E-state index in [9.17, 15) is 4.79 Å². The van der Waals surface area contributed by atoms with Crippen molar-refractivity contribution in [1.29, 1.82) is 0 Å². The first-order valence-electron chi connectivity index (χ1n) is 13.8. The number of rotatable bonds is 9. The molecule has 0 unspecified atom stereocenters. The third-order valence-electron chi connectivity index (χ3n) is 6.85. The molecule has 0 saturated heterocycles. The Kier molecular flexibility index (Phi) is 11.1. The topological polar surface area (TPSA) is 135 Å². The zero-order valence-corrected chi connectivity index (χ0v) is 27.3. The second-order valence-corrected chi connectivity index (χ2v) is 15.2. The van der Waals surface area contributed by atoms with Gasteiger partial charge in [0.2, 0.25) is 11.0 Å². The summed E-state index contributed by atoms with van der Waals surface area (Å²) in [6.07, 6.45) is 0. The lowest BCUT2D eigenvalue weighted by atomic mass is 10.2. The number of ketones is 1. The summed E-state index contributed by atoms with van der Waals surface area (Å²) in [6, 6.07) is 48.4. The second-order valence-electron chi connectivity index (χ2n) is 9.77. The van der Waals surface area contributed by atoms with Crippen molar-refractivity contribution in [2.24, 2.45) is 0 Å². The molecule has 6 aromatic rings. The zero-order valence-electron chi connectivity index (χ0n) is 24.1. The molecule has 0 amide bonds. The van der Waals surface area contributed by atoms with Gasteiger partial charge in [0.15, 0.2) is 13.0 Å². The largest absolute Gasteiger partial charge is 0.425 e. The highest BCUT2D eigenvalue weighted by molar-refractivity contribution is 8.04. The number of oxazole rings is 1. The van der Waals surface area contributed by atoms with Crippen LogP contribution >= 0.6 is 30.6 Å². The van der Waals surface area contributed by atoms with Gasteiger partial charge in [-0.05, 0) is 60.7 Å². The van der Waals surface area contributed by atoms with Crippen LogP contribution in [0.15, 0.2) is 155 Å². The van der Waals surface area contributed by atoms with Crippen LogP contribution in [0, 0.1) is 10.2 Å². The predicted octanol–water partition coefficient (Wildman–Crippen LogP) is 2.83. The number of Topliss-reactive ketones (excluding diaryl/α,β-unsaturated/α-hetero) is 1. The van der Waals surface area contributed by atoms with Crippen molar-refractivity contribution in [3.63, 3.8) is 0 Å². The maximum Gasteiger partial charge on any atom is 0.251 e. The monoisotopic (exact) mass is 689 g/mol. The third kappa shape index (κ3) is 8.12. The molecule has 0 bridgehead atoms. The molecule has 232 valence electrons. The minimum Gasteiger partial charge on any atom is -0.425 e. The molecule has 0 atom stereocenters. The summed E-state index contributed by atoms with van der Waals surface area (Å²) in [6.45, 7) is 0. The quantitative estimate of drug-likeness (QED) is 0.129. The lowest BCUT2D eigenvalue weighted by molar-refractivity contribution is -2.00. The van der Waals surface area contributed by atoms with Gasteiger partial charge in [-0.15, -0.1) is 10.2 Å². The Morgan fingerprint density at radius 3 is 1.52 bits per heavy atom. The molecule has 46 heavy (non-hydrogen) atoms. The fourth-order valence-electron chi connectivity index (χ4n) is 4.93. The van der Waals surface area contributed by atoms with Gasteiger partial charge >= 0.3 is 0 Å². The summed E-state index contributed by atoms with van der Waals surface area (Å²) in [4.78, 5) is 18.5. The number of halogens is 2. The molecule has 6 rings (SSSR count). The van der Waals surface area contributed by atoms with E-state index in [1.54, 1.807) is 0 Å². The molecule has 1 aromatic heterocycles. The lowest BCUT2D eigenvalue weighted by Gasteiger charge is -2.25. The molecule has 0 saturated carbocycles. The average Bonchev–Trinajstić information content (AvgIpc) is 3.50. The fraction of sp³-hybridized carbons (Fsp3) is 0.0286. The number of hydrogen-bond donors (Lipinski definition) is 0. The van der Waals surface area contributed by atoms with Crippen LogP contribution in [0.25, 0.3) is 11.5 Å². The third-order valence-corrected chi connectivity index (χ3v) is 12.4. The molecule has 1 heterocycles. The van der Waals surface area contributed by atoms with Crippen molar-refractivity contribution >= 4 is 57.8 Å². The molecule has 5 aromatic carbocycles. The highest BCUT2D eigenvalue weighted by Crippen LogP contribution is 2.56. The number of benzene rings is 5. The minimum absolute atomic E-state index is 0.0362. The first-order chi connectivity index (χ1) is 22.2. The van der Waals surface area contributed by atoms with Crippen LogP contribution in [-0.4, -0.2) is 16.5 Å². The summed E-state index contributed by atoms with van der Waals surface area (Å²) in [5.41, 5.74) is 2.34. The SMILES string of the molecule is O=C(CSc1oc(-c2ccc(Cl)cc2)nc1[P+](c1ccccc1)(c1ccccc1)c1ccccc1)c1ccccc1.[O-][Cl+3]([O-])([O-])[O-]. The van der Waals surface area contributed by atoms with E-state index in [1.807, 2.05) is 72.8 Å². The Labute approximate surface area is 278 Å². The molecular formula is C35H26Cl2NO6PS. The van der Waals surface area contributed by atoms with Gasteiger partial charge in [0.1, 0.15) is 15.9 Å². The molecule has 0 radical (unpaired) electrons. The Hall–Kier alpha value is -3.82. The van der Waals surface area contributed by atoms with E-state index < -0.39 is 17.5 Å². The molecule has 0 fully saturated rings. The molecule has 11 heteroatoms. The van der Waals surface area contributed by atoms with E-state index in [2.05, 4.69) is 72.8 Å². The van der Waals surface area contributed by atoms with E-state index >= 15 is 0 Å². The average molecular weight is 691 g/mol. The molecule has 0 spiro atoms. The number of carbonyl (C=O) groups excluding carboxylic acids is 1. The van der Waals surface area contributed by atoms with E-state index in [-0.39, 0.29) is 11.5 Å². The van der Waals surface area contributed by atoms with Crippen molar-refractivity contribution in [3.8, 4) is 11.5 Å². The van der Waals surface area contributed by atoms with E-state index in [4.69, 9.17) is 39.6 Å². The predicted molar refractivity (Wildman–Crippen MR) is 173 cm³/mol. The first-order valence-corrected chi connectivity index (χ1v) is 18.2. The standard InChI is InChI=1S/C35H26ClNO2PS.ClHO4/c36-28-23-21-27(22-24-28)33-37-34(35(39-33)41-25-32(38)26-13-5-1-6-14-26)40(29-15-7-2-8-16-29,30-17-9-3-10-18-30)31-19-11-4-12-20-31;2-1(3,4)5/h1-24H,25H2;(H,2,3,4,5)/q+1;/p-1. The molecule has 0 N–H and O–H groups in total. The lowest BCUT2D eigenvalue weighted by Crippen LogP contribution is -2.68. The van der Waals surface area contributed by atoms with Crippen LogP contribution in [-0.2, 0) is 0 Å². The maximum atomic E-state index is 13.2. The van der Waals surface area contributed by atoms with Gasteiger partial charge in [-0.3, -0.25) is 4.79 Å². The Morgan fingerprint density at radius 2 is 1.09 bits per heavy atom. The Morgan fingerprint density at radius 1 is 0.674 bits per heavy atom. The fourth-order valence-corrected chi connectivity index (χ4v) is 10.4. The molecule has 0 aliphatic carbocycles. The van der Waals surface area contributed by atoms with Crippen LogP contribution in [0.2, 0.25) is 5.02 Å².